The number of amides is 1. The Kier molecular flexibility index (Phi) is 4.66. The average Bonchev–Trinajstić information content (AvgIpc) is 2.85. The van der Waals surface area contributed by atoms with E-state index in [-0.39, 0.29) is 5.91 Å². The first kappa shape index (κ1) is 13.6. The largest absolute Gasteiger partial charge is 0.338 e. The molecule has 0 spiro atoms. The first-order valence-electron chi connectivity index (χ1n) is 5.86. The number of carbonyl (C=O) groups excluding carboxylic acids is 1. The Morgan fingerprint density at radius 2 is 2.35 bits per heavy atom. The zero-order valence-electron chi connectivity index (χ0n) is 9.71. The molecule has 1 atom stereocenters. The smallest absolute Gasteiger partial charge is 0.255 e. The van der Waals surface area contributed by atoms with E-state index >= 15 is 0 Å². The summed E-state index contributed by atoms with van der Waals surface area (Å²) < 4.78 is 1.92. The molecule has 5 heteroatoms. The first-order chi connectivity index (χ1) is 8.11. The van der Waals surface area contributed by atoms with Crippen LogP contribution in [0.1, 0.15) is 36.5 Å². The van der Waals surface area contributed by atoms with E-state index in [1.54, 1.807) is 11.3 Å². The molecule has 1 aromatic rings. The average molecular weight is 381 g/mol. The van der Waals surface area contributed by atoms with Crippen LogP contribution in [0.5, 0.6) is 0 Å². The predicted molar refractivity (Wildman–Crippen MR) is 78.6 cm³/mol. The second-order valence-corrected chi connectivity index (χ2v) is 8.18. The SMILES string of the molecule is CCCC1CCN(C(=O)c2cc(Br)sc2Br)C1. The Hall–Kier alpha value is 0.130. The molecule has 2 rings (SSSR count). The van der Waals surface area contributed by atoms with Crippen LogP contribution < -0.4 is 0 Å². The summed E-state index contributed by atoms with van der Waals surface area (Å²) in [6.07, 6.45) is 3.60. The molecule has 0 aliphatic carbocycles. The van der Waals surface area contributed by atoms with Crippen molar-refractivity contribution in [1.29, 1.82) is 0 Å². The second-order valence-electron chi connectivity index (χ2n) is 4.43. The molecule has 0 N–H and O–H groups in total. The Morgan fingerprint density at radius 3 is 2.94 bits per heavy atom. The maximum Gasteiger partial charge on any atom is 0.255 e. The van der Waals surface area contributed by atoms with Gasteiger partial charge < -0.3 is 4.90 Å². The number of halogens is 2. The second kappa shape index (κ2) is 5.85. The minimum Gasteiger partial charge on any atom is -0.338 e. The van der Waals surface area contributed by atoms with E-state index in [9.17, 15) is 4.79 Å². The van der Waals surface area contributed by atoms with Gasteiger partial charge in [0, 0.05) is 13.1 Å². The maximum absolute atomic E-state index is 12.3. The van der Waals surface area contributed by atoms with Crippen LogP contribution in [0.25, 0.3) is 0 Å². The Morgan fingerprint density at radius 1 is 1.59 bits per heavy atom. The van der Waals surface area contributed by atoms with Gasteiger partial charge in [-0.3, -0.25) is 4.79 Å². The number of hydrogen-bond acceptors (Lipinski definition) is 2. The van der Waals surface area contributed by atoms with Crippen LogP contribution in [-0.4, -0.2) is 23.9 Å². The molecule has 17 heavy (non-hydrogen) atoms. The number of carbonyl (C=O) groups is 1. The standard InChI is InChI=1S/C12H15Br2NOS/c1-2-3-8-4-5-15(7-8)12(16)9-6-10(13)17-11(9)14/h6,8H,2-5,7H2,1H3. The molecule has 1 unspecified atom stereocenters. The van der Waals surface area contributed by atoms with E-state index in [1.807, 2.05) is 11.0 Å². The van der Waals surface area contributed by atoms with Gasteiger partial charge in [-0.25, -0.2) is 0 Å². The summed E-state index contributed by atoms with van der Waals surface area (Å²) in [5, 5.41) is 0. The Balaban J connectivity index is 2.04. The van der Waals surface area contributed by atoms with Crippen LogP contribution in [0.4, 0.5) is 0 Å². The number of hydrogen-bond donors (Lipinski definition) is 0. The molecule has 1 fully saturated rings. The van der Waals surface area contributed by atoms with Gasteiger partial charge in [-0.2, -0.15) is 0 Å². The normalized spacial score (nSPS) is 19.9. The summed E-state index contributed by atoms with van der Waals surface area (Å²) in [4.78, 5) is 14.3. The lowest BCUT2D eigenvalue weighted by Gasteiger charge is -2.16. The Bertz CT molecular complexity index is 419. The fourth-order valence-electron chi connectivity index (χ4n) is 2.32. The van der Waals surface area contributed by atoms with E-state index in [1.165, 1.54) is 12.8 Å². The summed E-state index contributed by atoms with van der Waals surface area (Å²) in [7, 11) is 0. The molecule has 1 amide bonds. The lowest BCUT2D eigenvalue weighted by atomic mass is 10.0. The van der Waals surface area contributed by atoms with E-state index in [0.717, 1.165) is 32.6 Å². The highest BCUT2D eigenvalue weighted by molar-refractivity contribution is 9.12. The van der Waals surface area contributed by atoms with Gasteiger partial charge in [0.1, 0.15) is 0 Å². The fraction of sp³-hybridized carbons (Fsp3) is 0.583. The first-order valence-corrected chi connectivity index (χ1v) is 8.26. The number of thiophene rings is 1. The van der Waals surface area contributed by atoms with E-state index < -0.39 is 0 Å². The van der Waals surface area contributed by atoms with Crippen molar-refractivity contribution in [1.82, 2.24) is 4.90 Å². The molecule has 2 heterocycles. The molecule has 0 radical (unpaired) electrons. The predicted octanol–water partition coefficient (Wildman–Crippen LogP) is 4.54. The minimum atomic E-state index is 0.164. The minimum absolute atomic E-state index is 0.164. The summed E-state index contributed by atoms with van der Waals surface area (Å²) >= 11 is 8.42. The van der Waals surface area contributed by atoms with Crippen LogP contribution >= 0.6 is 43.2 Å². The van der Waals surface area contributed by atoms with Crippen molar-refractivity contribution >= 4 is 49.1 Å². The van der Waals surface area contributed by atoms with Crippen molar-refractivity contribution in [3.63, 3.8) is 0 Å². The van der Waals surface area contributed by atoms with Gasteiger partial charge in [-0.15, -0.1) is 11.3 Å². The summed E-state index contributed by atoms with van der Waals surface area (Å²) in [6.45, 7) is 4.03. The molecule has 0 bridgehead atoms. The number of likely N-dealkylation sites (tertiary alicyclic amines) is 1. The zero-order chi connectivity index (χ0) is 12.4. The highest BCUT2D eigenvalue weighted by Crippen LogP contribution is 2.33. The lowest BCUT2D eigenvalue weighted by Crippen LogP contribution is -2.28. The van der Waals surface area contributed by atoms with Gasteiger partial charge in [0.25, 0.3) is 5.91 Å². The van der Waals surface area contributed by atoms with E-state index in [0.29, 0.717) is 5.92 Å². The van der Waals surface area contributed by atoms with Gasteiger partial charge in [-0.1, -0.05) is 13.3 Å². The third-order valence-electron chi connectivity index (χ3n) is 3.16. The topological polar surface area (TPSA) is 20.3 Å². The fourth-order valence-corrected chi connectivity index (χ4v) is 5.09. The van der Waals surface area contributed by atoms with E-state index in [2.05, 4.69) is 38.8 Å². The lowest BCUT2D eigenvalue weighted by molar-refractivity contribution is 0.0786. The summed E-state index contributed by atoms with van der Waals surface area (Å²) in [5.41, 5.74) is 0.791. The van der Waals surface area contributed by atoms with Crippen LogP contribution in [-0.2, 0) is 0 Å². The molecule has 94 valence electrons. The van der Waals surface area contributed by atoms with Crippen molar-refractivity contribution in [3.8, 4) is 0 Å². The molecule has 0 aromatic carbocycles. The van der Waals surface area contributed by atoms with Gasteiger partial charge >= 0.3 is 0 Å². The number of nitrogens with zero attached hydrogens (tertiary/aromatic N) is 1. The Labute approximate surface area is 123 Å². The molecular formula is C12H15Br2NOS. The highest BCUT2D eigenvalue weighted by atomic mass is 79.9. The maximum atomic E-state index is 12.3. The molecule has 1 aliphatic rings. The van der Waals surface area contributed by atoms with Crippen molar-refractivity contribution in [2.45, 2.75) is 26.2 Å². The van der Waals surface area contributed by atoms with E-state index in [4.69, 9.17) is 0 Å². The molecular weight excluding hydrogens is 366 g/mol. The van der Waals surface area contributed by atoms with Crippen molar-refractivity contribution in [2.75, 3.05) is 13.1 Å². The van der Waals surface area contributed by atoms with Gasteiger partial charge in [-0.05, 0) is 56.7 Å². The summed E-state index contributed by atoms with van der Waals surface area (Å²) in [6, 6.07) is 1.91. The number of rotatable bonds is 3. The van der Waals surface area contributed by atoms with Crippen LogP contribution in [0.3, 0.4) is 0 Å². The molecule has 1 aromatic heterocycles. The molecule has 2 nitrogen and oxygen atoms in total. The van der Waals surface area contributed by atoms with Crippen molar-refractivity contribution < 1.29 is 4.79 Å². The van der Waals surface area contributed by atoms with Crippen LogP contribution in [0.2, 0.25) is 0 Å². The quantitative estimate of drug-likeness (QED) is 0.753. The summed E-state index contributed by atoms with van der Waals surface area (Å²) in [5.74, 6) is 0.863. The third-order valence-corrected chi connectivity index (χ3v) is 5.50. The van der Waals surface area contributed by atoms with Crippen molar-refractivity contribution in [2.24, 2.45) is 5.92 Å². The zero-order valence-corrected chi connectivity index (χ0v) is 13.7. The van der Waals surface area contributed by atoms with Gasteiger partial charge in [0.15, 0.2) is 0 Å². The molecule has 0 saturated carbocycles. The molecule has 1 saturated heterocycles. The van der Waals surface area contributed by atoms with Gasteiger partial charge in [0.05, 0.1) is 13.1 Å². The van der Waals surface area contributed by atoms with Crippen LogP contribution in [0, 0.1) is 5.92 Å². The highest BCUT2D eigenvalue weighted by Gasteiger charge is 2.28. The third kappa shape index (κ3) is 3.12. The van der Waals surface area contributed by atoms with Crippen LogP contribution in [0.15, 0.2) is 13.6 Å². The van der Waals surface area contributed by atoms with Crippen molar-refractivity contribution in [3.05, 3.63) is 19.2 Å². The monoisotopic (exact) mass is 379 g/mol. The molecule has 1 aliphatic heterocycles. The van der Waals surface area contributed by atoms with Gasteiger partial charge in [0.2, 0.25) is 0 Å².